The molecule has 2 rings (SSSR count). The maximum atomic E-state index is 11.1. The molecule has 0 radical (unpaired) electrons. The molecule has 2 aromatic carbocycles. The van der Waals surface area contributed by atoms with Crippen molar-refractivity contribution >= 4 is 10.1 Å². The van der Waals surface area contributed by atoms with Gasteiger partial charge >= 0.3 is 0 Å². The van der Waals surface area contributed by atoms with Gasteiger partial charge in [-0.1, -0.05) is 24.3 Å². The van der Waals surface area contributed by atoms with Crippen molar-refractivity contribution in [3.05, 3.63) is 53.6 Å². The van der Waals surface area contributed by atoms with Crippen LogP contribution in [0.4, 0.5) is 0 Å². The summed E-state index contributed by atoms with van der Waals surface area (Å²) in [6, 6.07) is 10.2. The predicted octanol–water partition coefficient (Wildman–Crippen LogP) is 1.73. The molecule has 3 N–H and O–H groups in total. The molecular formula is C14H14O6S. The number of para-hydroxylation sites is 1. The van der Waals surface area contributed by atoms with Crippen LogP contribution in [-0.2, 0) is 10.1 Å². The minimum atomic E-state index is -4.56. The SMILES string of the molecule is COc1ccc(C(O)c2cccc(S(=O)(=O)O)c2O)cc1. The Labute approximate surface area is 122 Å². The number of aliphatic hydroxyl groups is 1. The molecule has 7 heteroatoms. The summed E-state index contributed by atoms with van der Waals surface area (Å²) in [4.78, 5) is -0.646. The van der Waals surface area contributed by atoms with Gasteiger partial charge in [-0.05, 0) is 23.8 Å². The van der Waals surface area contributed by atoms with E-state index >= 15 is 0 Å². The molecule has 2 aromatic rings. The smallest absolute Gasteiger partial charge is 0.298 e. The van der Waals surface area contributed by atoms with Gasteiger partial charge in [-0.25, -0.2) is 0 Å². The first-order chi connectivity index (χ1) is 9.84. The van der Waals surface area contributed by atoms with Crippen molar-refractivity contribution in [2.24, 2.45) is 0 Å². The minimum Gasteiger partial charge on any atom is -0.506 e. The lowest BCUT2D eigenvalue weighted by Crippen LogP contribution is -2.04. The van der Waals surface area contributed by atoms with Crippen LogP contribution in [0.25, 0.3) is 0 Å². The molecule has 1 atom stereocenters. The monoisotopic (exact) mass is 310 g/mol. The second-order valence-corrected chi connectivity index (χ2v) is 5.73. The highest BCUT2D eigenvalue weighted by Crippen LogP contribution is 2.34. The number of phenolic OH excluding ortho intramolecular Hbond substituents is 1. The summed E-state index contributed by atoms with van der Waals surface area (Å²) in [7, 11) is -3.06. The lowest BCUT2D eigenvalue weighted by atomic mass is 10.0. The van der Waals surface area contributed by atoms with Crippen molar-refractivity contribution in [1.29, 1.82) is 0 Å². The van der Waals surface area contributed by atoms with Crippen molar-refractivity contribution in [1.82, 2.24) is 0 Å². The third-order valence-corrected chi connectivity index (χ3v) is 3.92. The van der Waals surface area contributed by atoms with E-state index in [9.17, 15) is 18.6 Å². The third kappa shape index (κ3) is 3.15. The summed E-state index contributed by atoms with van der Waals surface area (Å²) >= 11 is 0. The van der Waals surface area contributed by atoms with Gasteiger partial charge in [0.25, 0.3) is 10.1 Å². The van der Waals surface area contributed by atoms with Crippen LogP contribution in [0.5, 0.6) is 11.5 Å². The lowest BCUT2D eigenvalue weighted by molar-refractivity contribution is 0.214. The number of aromatic hydroxyl groups is 1. The Hall–Kier alpha value is -2.09. The maximum absolute atomic E-state index is 11.1. The molecule has 21 heavy (non-hydrogen) atoms. The molecule has 112 valence electrons. The second kappa shape index (κ2) is 5.72. The van der Waals surface area contributed by atoms with Crippen LogP contribution in [-0.4, -0.2) is 30.3 Å². The minimum absolute atomic E-state index is 0.0182. The molecule has 0 aliphatic rings. The van der Waals surface area contributed by atoms with E-state index in [4.69, 9.17) is 9.29 Å². The standard InChI is InChI=1S/C14H14O6S/c1-20-10-7-5-9(6-8-10)13(15)11-3-2-4-12(14(11)16)21(17,18)19/h2-8,13,15-16H,1H3,(H,17,18,19). The molecule has 0 aromatic heterocycles. The molecule has 0 heterocycles. The third-order valence-electron chi connectivity index (χ3n) is 3.03. The molecule has 0 saturated carbocycles. The highest BCUT2D eigenvalue weighted by molar-refractivity contribution is 7.86. The first-order valence-electron chi connectivity index (χ1n) is 5.96. The van der Waals surface area contributed by atoms with E-state index in [-0.39, 0.29) is 5.56 Å². The van der Waals surface area contributed by atoms with Crippen LogP contribution in [0.15, 0.2) is 47.4 Å². The van der Waals surface area contributed by atoms with Gasteiger partial charge in [0.2, 0.25) is 0 Å². The molecule has 6 nitrogen and oxygen atoms in total. The van der Waals surface area contributed by atoms with E-state index in [2.05, 4.69) is 0 Å². The fourth-order valence-corrected chi connectivity index (χ4v) is 2.55. The molecule has 0 spiro atoms. The van der Waals surface area contributed by atoms with Gasteiger partial charge in [-0.15, -0.1) is 0 Å². The van der Waals surface area contributed by atoms with Crippen molar-refractivity contribution in [3.63, 3.8) is 0 Å². The fourth-order valence-electron chi connectivity index (χ4n) is 1.93. The molecule has 0 aliphatic carbocycles. The molecule has 0 bridgehead atoms. The zero-order valence-electron chi connectivity index (χ0n) is 11.1. The van der Waals surface area contributed by atoms with Gasteiger partial charge in [0, 0.05) is 5.56 Å². The Morgan fingerprint density at radius 3 is 2.24 bits per heavy atom. The topological polar surface area (TPSA) is 104 Å². The van der Waals surface area contributed by atoms with Gasteiger partial charge in [0.1, 0.15) is 22.5 Å². The van der Waals surface area contributed by atoms with Crippen LogP contribution < -0.4 is 4.74 Å². The van der Waals surface area contributed by atoms with E-state index in [0.29, 0.717) is 11.3 Å². The van der Waals surface area contributed by atoms with Crippen molar-refractivity contribution in [2.75, 3.05) is 7.11 Å². The second-order valence-electron chi connectivity index (χ2n) is 4.34. The fraction of sp³-hybridized carbons (Fsp3) is 0.143. The zero-order valence-corrected chi connectivity index (χ0v) is 11.9. The van der Waals surface area contributed by atoms with Crippen molar-refractivity contribution in [2.45, 2.75) is 11.0 Å². The normalized spacial score (nSPS) is 12.9. The molecule has 0 aliphatic heterocycles. The summed E-state index contributed by atoms with van der Waals surface area (Å²) in [5.74, 6) is -0.0785. The molecule has 0 saturated heterocycles. The van der Waals surface area contributed by atoms with Crippen LogP contribution in [0.1, 0.15) is 17.2 Å². The van der Waals surface area contributed by atoms with Crippen LogP contribution in [0.3, 0.4) is 0 Å². The summed E-state index contributed by atoms with van der Waals surface area (Å²) in [5.41, 5.74) is 0.425. The Morgan fingerprint density at radius 2 is 1.71 bits per heavy atom. The number of methoxy groups -OCH3 is 1. The number of aliphatic hydroxyl groups excluding tert-OH is 1. The van der Waals surface area contributed by atoms with Crippen LogP contribution in [0, 0.1) is 0 Å². The Morgan fingerprint density at radius 1 is 1.10 bits per heavy atom. The summed E-state index contributed by atoms with van der Waals surface area (Å²) in [6.45, 7) is 0. The van der Waals surface area contributed by atoms with Gasteiger partial charge < -0.3 is 14.9 Å². The van der Waals surface area contributed by atoms with E-state index < -0.39 is 26.9 Å². The summed E-state index contributed by atoms with van der Waals surface area (Å²) < 4.78 is 36.3. The van der Waals surface area contributed by atoms with Crippen LogP contribution in [0.2, 0.25) is 0 Å². The average Bonchev–Trinajstić information content (AvgIpc) is 2.45. The average molecular weight is 310 g/mol. The van der Waals surface area contributed by atoms with E-state index in [1.165, 1.54) is 19.2 Å². The maximum Gasteiger partial charge on any atom is 0.298 e. The Bertz CT molecular complexity index is 737. The lowest BCUT2D eigenvalue weighted by Gasteiger charge is -2.15. The largest absolute Gasteiger partial charge is 0.506 e. The predicted molar refractivity (Wildman–Crippen MR) is 75.0 cm³/mol. The Balaban J connectivity index is 2.46. The van der Waals surface area contributed by atoms with Crippen molar-refractivity contribution < 1.29 is 27.9 Å². The first kappa shape index (κ1) is 15.3. The number of hydrogen-bond donors (Lipinski definition) is 3. The number of benzene rings is 2. The first-order valence-corrected chi connectivity index (χ1v) is 7.40. The summed E-state index contributed by atoms with van der Waals surface area (Å²) in [6.07, 6.45) is -1.24. The number of ether oxygens (including phenoxy) is 1. The molecule has 1 unspecified atom stereocenters. The number of phenols is 1. The molecular weight excluding hydrogens is 296 g/mol. The number of rotatable bonds is 4. The number of hydrogen-bond acceptors (Lipinski definition) is 5. The highest BCUT2D eigenvalue weighted by Gasteiger charge is 2.22. The van der Waals surface area contributed by atoms with Crippen LogP contribution >= 0.6 is 0 Å². The van der Waals surface area contributed by atoms with Gasteiger partial charge in [0.15, 0.2) is 0 Å². The van der Waals surface area contributed by atoms with Gasteiger partial charge in [0.05, 0.1) is 7.11 Å². The highest BCUT2D eigenvalue weighted by atomic mass is 32.2. The zero-order chi connectivity index (χ0) is 15.6. The molecule has 0 fully saturated rings. The van der Waals surface area contributed by atoms with E-state index in [1.54, 1.807) is 24.3 Å². The molecule has 0 amide bonds. The Kier molecular flexibility index (Phi) is 4.17. The van der Waals surface area contributed by atoms with Gasteiger partial charge in [-0.3, -0.25) is 4.55 Å². The summed E-state index contributed by atoms with van der Waals surface area (Å²) in [5, 5.41) is 20.2. The van der Waals surface area contributed by atoms with Crippen molar-refractivity contribution in [3.8, 4) is 11.5 Å². The van der Waals surface area contributed by atoms with E-state index in [0.717, 1.165) is 6.07 Å². The van der Waals surface area contributed by atoms with E-state index in [1.807, 2.05) is 0 Å². The quantitative estimate of drug-likeness (QED) is 0.743. The van der Waals surface area contributed by atoms with Gasteiger partial charge in [-0.2, -0.15) is 8.42 Å².